The van der Waals surface area contributed by atoms with Crippen molar-refractivity contribution >= 4 is 27.5 Å². The number of benzene rings is 1. The molecule has 0 N–H and O–H groups in total. The van der Waals surface area contributed by atoms with Crippen molar-refractivity contribution in [2.75, 3.05) is 0 Å². The Labute approximate surface area is 101 Å². The molecule has 0 aliphatic carbocycles. The van der Waals surface area contributed by atoms with Gasteiger partial charge in [0, 0.05) is 16.5 Å². The molecule has 15 heavy (non-hydrogen) atoms. The fraction of sp³-hybridized carbons (Fsp3) is 0.200. The van der Waals surface area contributed by atoms with Crippen molar-refractivity contribution in [2.24, 2.45) is 0 Å². The molecule has 0 saturated heterocycles. The summed E-state index contributed by atoms with van der Waals surface area (Å²) >= 11 is 9.37. The van der Waals surface area contributed by atoms with Gasteiger partial charge in [0.25, 0.3) is 0 Å². The zero-order valence-corrected chi connectivity index (χ0v) is 10.2. The summed E-state index contributed by atoms with van der Waals surface area (Å²) in [4.78, 5) is 0. The van der Waals surface area contributed by atoms with Gasteiger partial charge in [-0.15, -0.1) is 5.10 Å². The Kier molecular flexibility index (Phi) is 3.38. The minimum atomic E-state index is 0.652. The first-order valence-electron chi connectivity index (χ1n) is 4.48. The van der Waals surface area contributed by atoms with E-state index in [1.54, 1.807) is 4.68 Å². The van der Waals surface area contributed by atoms with Gasteiger partial charge in [-0.3, -0.25) is 0 Å². The first-order valence-corrected chi connectivity index (χ1v) is 5.98. The van der Waals surface area contributed by atoms with E-state index in [-0.39, 0.29) is 0 Å². The van der Waals surface area contributed by atoms with Crippen LogP contribution in [0.1, 0.15) is 11.3 Å². The van der Waals surface area contributed by atoms with E-state index in [0.717, 1.165) is 21.6 Å². The van der Waals surface area contributed by atoms with Crippen molar-refractivity contribution in [3.05, 3.63) is 46.7 Å². The molecule has 0 aliphatic rings. The van der Waals surface area contributed by atoms with E-state index in [1.807, 2.05) is 30.5 Å². The van der Waals surface area contributed by atoms with E-state index < -0.39 is 0 Å². The number of aromatic nitrogens is 3. The van der Waals surface area contributed by atoms with Gasteiger partial charge >= 0.3 is 0 Å². The second-order valence-corrected chi connectivity index (χ2v) is 4.10. The van der Waals surface area contributed by atoms with Crippen LogP contribution in [0.15, 0.2) is 30.5 Å². The van der Waals surface area contributed by atoms with Crippen molar-refractivity contribution in [3.8, 4) is 0 Å². The lowest BCUT2D eigenvalue weighted by Gasteiger charge is -2.02. The molecule has 0 bridgehead atoms. The van der Waals surface area contributed by atoms with Crippen molar-refractivity contribution < 1.29 is 0 Å². The zero-order chi connectivity index (χ0) is 10.7. The zero-order valence-electron chi connectivity index (χ0n) is 7.90. The van der Waals surface area contributed by atoms with Crippen LogP contribution in [0.2, 0.25) is 5.02 Å². The summed E-state index contributed by atoms with van der Waals surface area (Å²) < 4.78 is 1.78. The number of nitrogens with zero attached hydrogens (tertiary/aromatic N) is 3. The molecule has 2 rings (SSSR count). The molecule has 1 aromatic heterocycles. The summed E-state index contributed by atoms with van der Waals surface area (Å²) in [5.41, 5.74) is 1.97. The maximum atomic E-state index is 6.04. The molecule has 0 radical (unpaired) electrons. The van der Waals surface area contributed by atoms with Crippen LogP contribution in [-0.2, 0) is 11.9 Å². The molecule has 0 atom stereocenters. The van der Waals surface area contributed by atoms with E-state index in [1.165, 1.54) is 0 Å². The maximum Gasteiger partial charge on any atom is 0.0932 e. The van der Waals surface area contributed by atoms with Crippen LogP contribution in [0.25, 0.3) is 0 Å². The predicted molar refractivity (Wildman–Crippen MR) is 63.2 cm³/mol. The summed E-state index contributed by atoms with van der Waals surface area (Å²) in [5, 5.41) is 9.46. The molecule has 0 fully saturated rings. The summed E-state index contributed by atoms with van der Waals surface area (Å²) in [5.74, 6) is 0. The minimum Gasteiger partial charge on any atom is -0.248 e. The Morgan fingerprint density at radius 2 is 2.13 bits per heavy atom. The Morgan fingerprint density at radius 3 is 2.80 bits per heavy atom. The van der Waals surface area contributed by atoms with Crippen LogP contribution in [0, 0.1) is 0 Å². The van der Waals surface area contributed by atoms with E-state index in [4.69, 9.17) is 11.6 Å². The Balaban J connectivity index is 2.18. The molecule has 1 aromatic carbocycles. The summed E-state index contributed by atoms with van der Waals surface area (Å²) in [7, 11) is 0. The van der Waals surface area contributed by atoms with E-state index >= 15 is 0 Å². The molecular weight excluding hydrogens is 277 g/mol. The molecule has 0 unspecified atom stereocenters. The molecule has 1 heterocycles. The number of halogens is 2. The highest BCUT2D eigenvalue weighted by Crippen LogP contribution is 2.15. The van der Waals surface area contributed by atoms with Crippen molar-refractivity contribution in [1.82, 2.24) is 15.0 Å². The lowest BCUT2D eigenvalue weighted by Crippen LogP contribution is -2.00. The number of hydrogen-bond acceptors (Lipinski definition) is 2. The quantitative estimate of drug-likeness (QED) is 0.812. The predicted octanol–water partition coefficient (Wildman–Crippen LogP) is 2.87. The van der Waals surface area contributed by atoms with Crippen LogP contribution in [0.5, 0.6) is 0 Å². The SMILES string of the molecule is Clc1ccccc1Cn1cc(CBr)nn1. The van der Waals surface area contributed by atoms with E-state index in [2.05, 4.69) is 26.2 Å². The molecular formula is C10H9BrClN3. The fourth-order valence-corrected chi connectivity index (χ4v) is 1.73. The molecule has 2 aromatic rings. The minimum absolute atomic E-state index is 0.652. The van der Waals surface area contributed by atoms with Crippen LogP contribution in [0.3, 0.4) is 0 Å². The molecule has 3 nitrogen and oxygen atoms in total. The van der Waals surface area contributed by atoms with Crippen LogP contribution >= 0.6 is 27.5 Å². The van der Waals surface area contributed by atoms with Gasteiger partial charge in [-0.25, -0.2) is 4.68 Å². The number of alkyl halides is 1. The van der Waals surface area contributed by atoms with Crippen LogP contribution in [0.4, 0.5) is 0 Å². The Hall–Kier alpha value is -0.870. The highest BCUT2D eigenvalue weighted by Gasteiger charge is 2.02. The second kappa shape index (κ2) is 4.77. The lowest BCUT2D eigenvalue weighted by atomic mass is 10.2. The smallest absolute Gasteiger partial charge is 0.0932 e. The van der Waals surface area contributed by atoms with Gasteiger partial charge < -0.3 is 0 Å². The Bertz CT molecular complexity index is 455. The Morgan fingerprint density at radius 1 is 1.33 bits per heavy atom. The van der Waals surface area contributed by atoms with Crippen LogP contribution in [-0.4, -0.2) is 15.0 Å². The van der Waals surface area contributed by atoms with Crippen molar-refractivity contribution in [3.63, 3.8) is 0 Å². The van der Waals surface area contributed by atoms with E-state index in [0.29, 0.717) is 6.54 Å². The fourth-order valence-electron chi connectivity index (χ4n) is 1.28. The first kappa shape index (κ1) is 10.6. The van der Waals surface area contributed by atoms with Gasteiger partial charge in [-0.05, 0) is 11.6 Å². The number of hydrogen-bond donors (Lipinski definition) is 0. The van der Waals surface area contributed by atoms with Gasteiger partial charge in [0.1, 0.15) is 0 Å². The monoisotopic (exact) mass is 285 g/mol. The highest BCUT2D eigenvalue weighted by atomic mass is 79.9. The summed E-state index contributed by atoms with van der Waals surface area (Å²) in [6.07, 6.45) is 1.90. The average molecular weight is 287 g/mol. The second-order valence-electron chi connectivity index (χ2n) is 3.13. The topological polar surface area (TPSA) is 30.7 Å². The molecule has 0 aliphatic heterocycles. The van der Waals surface area contributed by atoms with Gasteiger partial charge in [0.15, 0.2) is 0 Å². The molecule has 78 valence electrons. The van der Waals surface area contributed by atoms with Gasteiger partial charge in [-0.1, -0.05) is 50.9 Å². The first-order chi connectivity index (χ1) is 7.29. The summed E-state index contributed by atoms with van der Waals surface area (Å²) in [6, 6.07) is 7.73. The normalized spacial score (nSPS) is 10.5. The van der Waals surface area contributed by atoms with Gasteiger partial charge in [0.2, 0.25) is 0 Å². The largest absolute Gasteiger partial charge is 0.248 e. The van der Waals surface area contributed by atoms with Crippen molar-refractivity contribution in [1.29, 1.82) is 0 Å². The summed E-state index contributed by atoms with van der Waals surface area (Å²) in [6.45, 7) is 0.652. The number of rotatable bonds is 3. The van der Waals surface area contributed by atoms with Crippen LogP contribution < -0.4 is 0 Å². The lowest BCUT2D eigenvalue weighted by molar-refractivity contribution is 0.649. The molecule has 0 saturated carbocycles. The van der Waals surface area contributed by atoms with Gasteiger partial charge in [-0.2, -0.15) is 0 Å². The third-order valence-corrected chi connectivity index (χ3v) is 2.96. The molecule has 5 heteroatoms. The van der Waals surface area contributed by atoms with Gasteiger partial charge in [0.05, 0.1) is 12.2 Å². The average Bonchev–Trinajstić information content (AvgIpc) is 2.69. The third kappa shape index (κ3) is 2.58. The highest BCUT2D eigenvalue weighted by molar-refractivity contribution is 9.08. The third-order valence-electron chi connectivity index (χ3n) is 2.01. The van der Waals surface area contributed by atoms with E-state index in [9.17, 15) is 0 Å². The van der Waals surface area contributed by atoms with Crippen molar-refractivity contribution in [2.45, 2.75) is 11.9 Å². The maximum absolute atomic E-state index is 6.04. The molecule has 0 amide bonds. The molecule has 0 spiro atoms. The standard InChI is InChI=1S/C10H9BrClN3/c11-5-9-7-15(14-13-9)6-8-3-1-2-4-10(8)12/h1-4,7H,5-6H2.